The number of likely N-dealkylation sites (tertiary alicyclic amines) is 1. The van der Waals surface area contributed by atoms with Crippen molar-refractivity contribution in [2.75, 3.05) is 6.61 Å². The Labute approximate surface area is 205 Å². The van der Waals surface area contributed by atoms with E-state index >= 15 is 0 Å². The molecule has 4 rings (SSSR count). The zero-order chi connectivity index (χ0) is 24.9. The molecule has 1 aliphatic rings. The van der Waals surface area contributed by atoms with E-state index in [1.807, 2.05) is 62.4 Å². The summed E-state index contributed by atoms with van der Waals surface area (Å²) in [5, 5.41) is 11.4. The summed E-state index contributed by atoms with van der Waals surface area (Å²) in [6.45, 7) is 6.72. The van der Waals surface area contributed by atoms with Crippen LogP contribution in [0.2, 0.25) is 0 Å². The minimum Gasteiger partial charge on any atom is -0.507 e. The quantitative estimate of drug-likeness (QED) is 0.204. The zero-order valence-corrected chi connectivity index (χ0v) is 20.3. The predicted molar refractivity (Wildman–Crippen MR) is 135 cm³/mol. The summed E-state index contributed by atoms with van der Waals surface area (Å²) in [5.74, 6) is -0.776. The topological polar surface area (TPSA) is 79.7 Å². The second kappa shape index (κ2) is 10.6. The fourth-order valence-electron chi connectivity index (χ4n) is 4.29. The highest BCUT2D eigenvalue weighted by molar-refractivity contribution is 6.46. The maximum atomic E-state index is 13.3. The summed E-state index contributed by atoms with van der Waals surface area (Å²) in [6.07, 6.45) is 5.33. The summed E-state index contributed by atoms with van der Waals surface area (Å²) in [4.78, 5) is 32.2. The average molecular weight is 471 g/mol. The molecule has 6 heteroatoms. The van der Waals surface area contributed by atoms with Crippen molar-refractivity contribution >= 4 is 17.4 Å². The fourth-order valence-corrected chi connectivity index (χ4v) is 4.29. The molecule has 6 nitrogen and oxygen atoms in total. The van der Waals surface area contributed by atoms with Crippen LogP contribution in [0.3, 0.4) is 0 Å². The lowest BCUT2D eigenvalue weighted by Gasteiger charge is -2.25. The number of aliphatic hydroxyl groups excluding tert-OH is 1. The Hall–Kier alpha value is -3.93. The number of rotatable bonds is 8. The number of hydrogen-bond acceptors (Lipinski definition) is 5. The number of ether oxygens (including phenoxy) is 1. The maximum absolute atomic E-state index is 13.3. The number of aryl methyl sites for hydroxylation is 2. The van der Waals surface area contributed by atoms with Gasteiger partial charge in [-0.2, -0.15) is 0 Å². The van der Waals surface area contributed by atoms with Crippen LogP contribution in [0.4, 0.5) is 0 Å². The molecule has 0 spiro atoms. The molecule has 1 aromatic heterocycles. The van der Waals surface area contributed by atoms with Crippen molar-refractivity contribution in [3.63, 3.8) is 0 Å². The Morgan fingerprint density at radius 1 is 1.09 bits per heavy atom. The highest BCUT2D eigenvalue weighted by Crippen LogP contribution is 2.41. The molecule has 1 fully saturated rings. The van der Waals surface area contributed by atoms with E-state index in [9.17, 15) is 14.7 Å². The van der Waals surface area contributed by atoms with Crippen LogP contribution in [-0.2, 0) is 16.1 Å². The molecule has 2 aromatic carbocycles. The van der Waals surface area contributed by atoms with E-state index in [1.54, 1.807) is 18.5 Å². The minimum atomic E-state index is -0.736. The van der Waals surface area contributed by atoms with Gasteiger partial charge < -0.3 is 14.7 Å². The lowest BCUT2D eigenvalue weighted by Crippen LogP contribution is -2.29. The Kier molecular flexibility index (Phi) is 7.30. The smallest absolute Gasteiger partial charge is 0.295 e. The van der Waals surface area contributed by atoms with Gasteiger partial charge in [-0.25, -0.2) is 0 Å². The van der Waals surface area contributed by atoms with E-state index in [4.69, 9.17) is 4.74 Å². The SMILES string of the molecule is CCCCOc1ccc(C2C(=C(O)c3cc(C)ccc3C)C(=O)C(=O)N2Cc2cccnc2)cc1. The Balaban J connectivity index is 1.80. The van der Waals surface area contributed by atoms with Gasteiger partial charge in [0.05, 0.1) is 18.2 Å². The third kappa shape index (κ3) is 5.11. The molecule has 2 heterocycles. The van der Waals surface area contributed by atoms with Gasteiger partial charge in [0.1, 0.15) is 11.5 Å². The first-order valence-corrected chi connectivity index (χ1v) is 11.9. The van der Waals surface area contributed by atoms with Gasteiger partial charge in [0.25, 0.3) is 11.7 Å². The van der Waals surface area contributed by atoms with Gasteiger partial charge in [-0.15, -0.1) is 0 Å². The molecule has 0 bridgehead atoms. The molecule has 3 aromatic rings. The first-order valence-electron chi connectivity index (χ1n) is 11.9. The first kappa shape index (κ1) is 24.2. The van der Waals surface area contributed by atoms with E-state index in [2.05, 4.69) is 11.9 Å². The van der Waals surface area contributed by atoms with Crippen LogP contribution in [0.1, 0.15) is 53.6 Å². The molecular formula is C29H30N2O4. The molecule has 0 aliphatic carbocycles. The number of hydrogen-bond donors (Lipinski definition) is 1. The molecule has 35 heavy (non-hydrogen) atoms. The van der Waals surface area contributed by atoms with Crippen LogP contribution in [0.25, 0.3) is 5.76 Å². The molecule has 0 saturated carbocycles. The van der Waals surface area contributed by atoms with Gasteiger partial charge in [-0.05, 0) is 61.2 Å². The molecule has 1 amide bonds. The largest absolute Gasteiger partial charge is 0.507 e. The van der Waals surface area contributed by atoms with Crippen molar-refractivity contribution in [1.82, 2.24) is 9.88 Å². The number of nitrogens with zero attached hydrogens (tertiary/aromatic N) is 2. The van der Waals surface area contributed by atoms with Crippen LogP contribution in [-0.4, -0.2) is 33.3 Å². The minimum absolute atomic E-state index is 0.0900. The Bertz CT molecular complexity index is 1250. The number of Topliss-reactive ketones (excluding diaryl/α,β-unsaturated/α-hetero) is 1. The predicted octanol–water partition coefficient (Wildman–Crippen LogP) is 5.50. The molecule has 0 radical (unpaired) electrons. The number of aromatic nitrogens is 1. The van der Waals surface area contributed by atoms with Crippen LogP contribution in [0.15, 0.2) is 72.6 Å². The van der Waals surface area contributed by atoms with Crippen molar-refractivity contribution in [3.8, 4) is 5.75 Å². The highest BCUT2D eigenvalue weighted by Gasteiger charge is 2.46. The van der Waals surface area contributed by atoms with Crippen molar-refractivity contribution in [3.05, 3.63) is 100 Å². The number of unbranched alkanes of at least 4 members (excludes halogenated alkanes) is 1. The molecule has 1 saturated heterocycles. The second-order valence-electron chi connectivity index (χ2n) is 8.88. The standard InChI is InChI=1S/C29H30N2O4/c1-4-5-15-35-23-12-10-22(11-13-23)26-25(27(32)24-16-19(2)8-9-20(24)3)28(33)29(34)31(26)18-21-7-6-14-30-17-21/h6-14,16-17,26,32H,4-5,15,18H2,1-3H3. The van der Waals surface area contributed by atoms with E-state index in [0.717, 1.165) is 40.8 Å². The number of amides is 1. The third-order valence-electron chi connectivity index (χ3n) is 6.23. The van der Waals surface area contributed by atoms with E-state index in [1.165, 1.54) is 4.90 Å². The van der Waals surface area contributed by atoms with Crippen LogP contribution in [0, 0.1) is 13.8 Å². The van der Waals surface area contributed by atoms with E-state index in [0.29, 0.717) is 12.2 Å². The zero-order valence-electron chi connectivity index (χ0n) is 20.3. The fraction of sp³-hybridized carbons (Fsp3) is 0.276. The summed E-state index contributed by atoms with van der Waals surface area (Å²) in [7, 11) is 0. The lowest BCUT2D eigenvalue weighted by molar-refractivity contribution is -0.140. The Morgan fingerprint density at radius 2 is 1.86 bits per heavy atom. The second-order valence-corrected chi connectivity index (χ2v) is 8.88. The number of carbonyl (C=O) groups is 2. The van der Waals surface area contributed by atoms with Gasteiger partial charge in [0.15, 0.2) is 0 Å². The van der Waals surface area contributed by atoms with Crippen LogP contribution < -0.4 is 4.74 Å². The van der Waals surface area contributed by atoms with Crippen molar-refractivity contribution in [1.29, 1.82) is 0 Å². The van der Waals surface area contributed by atoms with Gasteiger partial charge in [-0.3, -0.25) is 14.6 Å². The van der Waals surface area contributed by atoms with Gasteiger partial charge in [-0.1, -0.05) is 49.2 Å². The number of carbonyl (C=O) groups excluding carboxylic acids is 2. The molecule has 1 atom stereocenters. The van der Waals surface area contributed by atoms with Crippen molar-refractivity contribution in [2.45, 2.75) is 46.2 Å². The van der Waals surface area contributed by atoms with E-state index < -0.39 is 17.7 Å². The summed E-state index contributed by atoms with van der Waals surface area (Å²) >= 11 is 0. The maximum Gasteiger partial charge on any atom is 0.295 e. The van der Waals surface area contributed by atoms with Crippen LogP contribution >= 0.6 is 0 Å². The van der Waals surface area contributed by atoms with Gasteiger partial charge >= 0.3 is 0 Å². The summed E-state index contributed by atoms with van der Waals surface area (Å²) in [5.41, 5.74) is 3.94. The number of pyridine rings is 1. The van der Waals surface area contributed by atoms with Crippen LogP contribution in [0.5, 0.6) is 5.75 Å². The number of ketones is 1. The van der Waals surface area contributed by atoms with Crippen molar-refractivity contribution in [2.24, 2.45) is 0 Å². The number of aliphatic hydroxyl groups is 1. The lowest BCUT2D eigenvalue weighted by atomic mass is 9.93. The highest BCUT2D eigenvalue weighted by atomic mass is 16.5. The summed E-state index contributed by atoms with van der Waals surface area (Å²) < 4.78 is 5.78. The summed E-state index contributed by atoms with van der Waals surface area (Å²) in [6, 6.07) is 16.0. The monoisotopic (exact) mass is 470 g/mol. The molecule has 1 aliphatic heterocycles. The average Bonchev–Trinajstić information content (AvgIpc) is 3.11. The molecule has 1 unspecified atom stereocenters. The first-order chi connectivity index (χ1) is 16.9. The molecule has 180 valence electrons. The van der Waals surface area contributed by atoms with Gasteiger partial charge in [0, 0.05) is 24.5 Å². The van der Waals surface area contributed by atoms with E-state index in [-0.39, 0.29) is 17.9 Å². The van der Waals surface area contributed by atoms with Gasteiger partial charge in [0.2, 0.25) is 0 Å². The Morgan fingerprint density at radius 3 is 2.54 bits per heavy atom. The normalized spacial score (nSPS) is 17.1. The third-order valence-corrected chi connectivity index (χ3v) is 6.23. The molecular weight excluding hydrogens is 440 g/mol. The molecule has 1 N–H and O–H groups in total. The number of benzene rings is 2. The van der Waals surface area contributed by atoms with Crippen molar-refractivity contribution < 1.29 is 19.4 Å².